The molecule has 2 heterocycles. The second-order valence-electron chi connectivity index (χ2n) is 41.0. The zero-order valence-corrected chi connectivity index (χ0v) is 91.1. The summed E-state index contributed by atoms with van der Waals surface area (Å²) in [5.74, 6) is -5.54. The summed E-state index contributed by atoms with van der Waals surface area (Å²) in [6, 6.07) is -3.92. The zero-order valence-electron chi connectivity index (χ0n) is 89.3. The Bertz CT molecular complexity index is 3100. The van der Waals surface area contributed by atoms with Gasteiger partial charge in [0.15, 0.2) is 24.8 Å². The van der Waals surface area contributed by atoms with Crippen molar-refractivity contribution in [1.82, 2.24) is 10.6 Å². The first-order valence-electron chi connectivity index (χ1n) is 57.7. The highest BCUT2D eigenvalue weighted by atomic mass is 31.2. The molecule has 2 rings (SSSR count). The van der Waals surface area contributed by atoms with Crippen molar-refractivity contribution in [3.63, 3.8) is 0 Å². The van der Waals surface area contributed by atoms with Crippen molar-refractivity contribution < 1.29 is 125 Å². The van der Waals surface area contributed by atoms with Crippen molar-refractivity contribution in [2.45, 2.75) is 648 Å². The Labute approximate surface area is 849 Å². The summed E-state index contributed by atoms with van der Waals surface area (Å²) in [7, 11) is -11.5. The molecule has 0 aliphatic carbocycles. The third-order valence-corrected chi connectivity index (χ3v) is 28.6. The second-order valence-corrected chi connectivity index (χ2v) is 43.4. The van der Waals surface area contributed by atoms with Crippen LogP contribution in [0.25, 0.3) is 0 Å². The second kappa shape index (κ2) is 89.3. The number of phosphoric ester groups is 2. The number of amides is 2. The molecule has 824 valence electrons. The van der Waals surface area contributed by atoms with Crippen LogP contribution in [0.3, 0.4) is 0 Å². The topological polar surface area (TPSA) is 412 Å². The number of esters is 5. The Morgan fingerprint density at radius 2 is 0.543 bits per heavy atom. The Balaban J connectivity index is 2.93. The zero-order chi connectivity index (χ0) is 103. The van der Waals surface area contributed by atoms with Gasteiger partial charge in [0, 0.05) is 19.3 Å². The number of unbranched alkanes of at least 4 members (excludes halogenated alkanes) is 62. The minimum atomic E-state index is -5.75. The molecule has 28 nitrogen and oxygen atoms in total. The molecule has 2 aliphatic heterocycles. The van der Waals surface area contributed by atoms with Crippen LogP contribution in [0.15, 0.2) is 0 Å². The fourth-order valence-corrected chi connectivity index (χ4v) is 20.2. The molecule has 14 atom stereocenters. The van der Waals surface area contributed by atoms with E-state index in [-0.39, 0.29) is 44.9 Å². The van der Waals surface area contributed by atoms with Gasteiger partial charge in [-0.3, -0.25) is 42.6 Å². The van der Waals surface area contributed by atoms with Gasteiger partial charge in [-0.25, -0.2) is 9.13 Å². The van der Waals surface area contributed by atoms with Crippen LogP contribution in [0, 0.1) is 0 Å². The summed E-state index contributed by atoms with van der Waals surface area (Å²) in [6.45, 7) is 13.1. The summed E-state index contributed by atoms with van der Waals surface area (Å²) in [6.07, 6.45) is 48.1. The van der Waals surface area contributed by atoms with E-state index < -0.39 is 182 Å². The average Bonchev–Trinajstić information content (AvgIpc) is 0.778. The van der Waals surface area contributed by atoms with Crippen molar-refractivity contribution in [3.05, 3.63) is 0 Å². The van der Waals surface area contributed by atoms with Crippen LogP contribution in [0.5, 0.6) is 0 Å². The third-order valence-electron chi connectivity index (χ3n) is 27.6. The first kappa shape index (κ1) is 132. The van der Waals surface area contributed by atoms with Crippen LogP contribution in [0.4, 0.5) is 0 Å². The Morgan fingerprint density at radius 1 is 0.293 bits per heavy atom. The lowest BCUT2D eigenvalue weighted by molar-refractivity contribution is -0.297. The quantitative estimate of drug-likeness (QED) is 0.0118. The van der Waals surface area contributed by atoms with E-state index in [9.17, 15) is 68.0 Å². The molecule has 30 heteroatoms. The van der Waals surface area contributed by atoms with E-state index in [0.29, 0.717) is 44.9 Å². The van der Waals surface area contributed by atoms with Gasteiger partial charge in [0.1, 0.15) is 54.8 Å². The van der Waals surface area contributed by atoms with Gasteiger partial charge >= 0.3 is 45.5 Å². The molecule has 0 radical (unpaired) electrons. The molecule has 0 aromatic rings. The van der Waals surface area contributed by atoms with Crippen molar-refractivity contribution in [3.8, 4) is 0 Å². The van der Waals surface area contributed by atoms with E-state index in [0.717, 1.165) is 295 Å². The minimum absolute atomic E-state index is 0.0727. The number of nitrogens with one attached hydrogen (secondary N) is 2. The van der Waals surface area contributed by atoms with E-state index in [2.05, 4.69) is 59.1 Å². The van der Waals surface area contributed by atoms with Gasteiger partial charge in [0.2, 0.25) is 11.8 Å². The van der Waals surface area contributed by atoms with Crippen LogP contribution < -0.4 is 10.6 Å². The lowest BCUT2D eigenvalue weighted by atomic mass is 9.95. The largest absolute Gasteiger partial charge is 0.472 e. The average molecular weight is 2040 g/mol. The fraction of sp³-hybridized carbons (Fsp3) is 0.936. The van der Waals surface area contributed by atoms with E-state index in [1.54, 1.807) is 0 Å². The number of phosphoric acid groups is 2. The molecule has 0 saturated carbocycles. The maximum absolute atomic E-state index is 15.3. The van der Waals surface area contributed by atoms with Crippen molar-refractivity contribution >= 4 is 57.3 Å². The molecule has 0 aromatic heterocycles. The van der Waals surface area contributed by atoms with Crippen molar-refractivity contribution in [2.24, 2.45) is 0 Å². The molecule has 0 spiro atoms. The number of aliphatic hydroxyl groups is 3. The summed E-state index contributed by atoms with van der Waals surface area (Å²) < 4.78 is 87.6. The molecule has 2 aliphatic rings. The molecule has 0 aromatic carbocycles. The molecule has 9 N–H and O–H groups in total. The van der Waals surface area contributed by atoms with Crippen LogP contribution in [0.1, 0.15) is 562 Å². The summed E-state index contributed by atoms with van der Waals surface area (Å²) >= 11 is 0. The number of hydrogen-bond donors (Lipinski definition) is 9. The van der Waals surface area contributed by atoms with Crippen molar-refractivity contribution in [1.29, 1.82) is 0 Å². The summed E-state index contributed by atoms with van der Waals surface area (Å²) in [4.78, 5) is 145. The van der Waals surface area contributed by atoms with Gasteiger partial charge in [0.05, 0.1) is 45.0 Å². The normalized spacial score (nSPS) is 19.3. The molecular formula is C110H208N2O26P2. The molecule has 140 heavy (non-hydrogen) atoms. The monoisotopic (exact) mass is 2040 g/mol. The molecule has 14 unspecified atom stereocenters. The highest BCUT2D eigenvalue weighted by Gasteiger charge is 2.55. The minimum Gasteiger partial charge on any atom is -0.462 e. The van der Waals surface area contributed by atoms with E-state index in [1.807, 2.05) is 0 Å². The van der Waals surface area contributed by atoms with Crippen LogP contribution >= 0.6 is 15.6 Å². The number of aliphatic hydroxyl groups excluding tert-OH is 3. The summed E-state index contributed by atoms with van der Waals surface area (Å²) in [5.41, 5.74) is 0. The first-order chi connectivity index (χ1) is 67.7. The third kappa shape index (κ3) is 73.4. The maximum Gasteiger partial charge on any atom is 0.472 e. The predicted molar refractivity (Wildman–Crippen MR) is 555 cm³/mol. The molecule has 0 bridgehead atoms. The van der Waals surface area contributed by atoms with Crippen molar-refractivity contribution in [2.75, 3.05) is 13.2 Å². The van der Waals surface area contributed by atoms with Gasteiger partial charge < -0.3 is 83.4 Å². The number of ether oxygens (including phenoxy) is 8. The first-order valence-corrected chi connectivity index (χ1v) is 60.7. The number of carbonyl (C=O) groups is 7. The lowest BCUT2D eigenvalue weighted by Crippen LogP contribution is -2.68. The maximum atomic E-state index is 15.3. The Hall–Kier alpha value is -3.73. The number of rotatable bonds is 99. The number of carbonyl (C=O) groups excluding carboxylic acids is 7. The van der Waals surface area contributed by atoms with Crippen LogP contribution in [-0.4, -0.2) is 175 Å². The predicted octanol–water partition coefficient (Wildman–Crippen LogP) is 26.6. The van der Waals surface area contributed by atoms with E-state index >= 15 is 9.59 Å². The van der Waals surface area contributed by atoms with Gasteiger partial charge in [-0.05, 0) is 64.2 Å². The summed E-state index contributed by atoms with van der Waals surface area (Å²) in [5, 5.41) is 41.2. The molecule has 2 amide bonds. The Morgan fingerprint density at radius 3 is 0.836 bits per heavy atom. The van der Waals surface area contributed by atoms with E-state index in [1.165, 1.54) is 103 Å². The molecule has 2 saturated heterocycles. The molecular weight excluding hydrogens is 1830 g/mol. The Kier molecular flexibility index (Phi) is 84.4. The number of hydrogen-bond acceptors (Lipinski definition) is 22. The van der Waals surface area contributed by atoms with Crippen LogP contribution in [0.2, 0.25) is 0 Å². The van der Waals surface area contributed by atoms with Gasteiger partial charge in [-0.1, -0.05) is 453 Å². The van der Waals surface area contributed by atoms with Gasteiger partial charge in [-0.15, -0.1) is 0 Å². The molecule has 2 fully saturated rings. The SMILES string of the molecule is CCCCCCCCCCCCCCCC(=O)OC(CCCCCCCCCCC)CC(=O)NC1C(OP(=O)(O)O)OC(COC2OC(CO)C(OP(=O)(O)O)C(OC(=O)CC(CCCCCCCCCCC)OC(=O)CCCCCCCCCCCCC)C2NC(=O)CC(CCCCCCCCCCC)OC(=O)CCCCCCCCCCC)C(O)C1OC(=O)CC(O)CCCCCCCCCCC. The highest BCUT2D eigenvalue weighted by molar-refractivity contribution is 7.46. The highest BCUT2D eigenvalue weighted by Crippen LogP contribution is 2.44. The smallest absolute Gasteiger partial charge is 0.462 e. The van der Waals surface area contributed by atoms with Gasteiger partial charge in [-0.2, -0.15) is 0 Å². The standard InChI is InChI=1S/C110H208N2O26P2/c1-8-15-22-29-36-43-45-46-48-55-62-68-75-82-98(117)130-91(78-71-64-57-50-39-32-25-18-11-4)85-96(115)111-103-107(135-101(120)84-90(114)77-70-63-56-49-38-31-24-17-10-3)105(122)95(134-110(103)138-140(126,127)128)89-129-109-104(112-97(116)86-92(79-72-65-58-51-40-33-26-19-12-5)131-99(118)81-74-67-60-53-42-35-28-21-14-7)108(106(94(88-113)133-109)137-139(123,124)125)136-102(121)87-93(80-73-66-59-52-41-34-27-20-13-6)132-100(119)83-76-69-61-54-47-44-37-30-23-16-9-2/h90-95,103-110,113-114,122H,8-89H2,1-7H3,(H,111,115)(H,112,116)(H2,123,124,125)(H2,126,127,128). The van der Waals surface area contributed by atoms with Crippen LogP contribution in [-0.2, 0) is 89.6 Å². The fourth-order valence-electron chi connectivity index (χ4n) is 19.2. The lowest BCUT2D eigenvalue weighted by Gasteiger charge is -2.47. The van der Waals surface area contributed by atoms with Gasteiger partial charge in [0.25, 0.3) is 0 Å². The van der Waals surface area contributed by atoms with E-state index in [4.69, 9.17) is 46.9 Å².